The van der Waals surface area contributed by atoms with Gasteiger partial charge in [0.15, 0.2) is 0 Å². The molecule has 0 saturated carbocycles. The van der Waals surface area contributed by atoms with Crippen LogP contribution >= 0.6 is 0 Å². The Balaban J connectivity index is 3.13. The van der Waals surface area contributed by atoms with E-state index in [9.17, 15) is 9.00 Å². The second-order valence-electron chi connectivity index (χ2n) is 3.45. The van der Waals surface area contributed by atoms with Crippen LogP contribution in [0.25, 0.3) is 0 Å². The summed E-state index contributed by atoms with van der Waals surface area (Å²) >= 11 is -2.39. The third-order valence-electron chi connectivity index (χ3n) is 1.97. The van der Waals surface area contributed by atoms with Gasteiger partial charge in [0.1, 0.15) is 0 Å². The monoisotopic (exact) mass is 239 g/mol. The van der Waals surface area contributed by atoms with Gasteiger partial charge in [0.2, 0.25) is 0 Å². The molecule has 4 nitrogen and oxygen atoms in total. The Morgan fingerprint density at radius 3 is 2.25 bits per heavy atom. The molecule has 1 amide bonds. The molecule has 0 aliphatic carbocycles. The van der Waals surface area contributed by atoms with E-state index in [2.05, 4.69) is 6.58 Å². The predicted octanol–water partition coefficient (Wildman–Crippen LogP) is 2.04. The van der Waals surface area contributed by atoms with Crippen LogP contribution in [0.2, 0.25) is 0 Å². The lowest BCUT2D eigenvalue weighted by Gasteiger charge is -2.17. The topological polar surface area (TPSA) is 57.6 Å². The zero-order valence-corrected chi connectivity index (χ0v) is 9.95. The van der Waals surface area contributed by atoms with Crippen LogP contribution in [-0.2, 0) is 16.1 Å². The highest BCUT2D eigenvalue weighted by atomic mass is 32.2. The summed E-state index contributed by atoms with van der Waals surface area (Å²) in [4.78, 5) is 11.6. The Morgan fingerprint density at radius 2 is 1.88 bits per heavy atom. The fourth-order valence-corrected chi connectivity index (χ4v) is 1.73. The number of aryl methyl sites for hydroxylation is 1. The van der Waals surface area contributed by atoms with Crippen molar-refractivity contribution in [2.75, 3.05) is 4.31 Å². The summed E-state index contributed by atoms with van der Waals surface area (Å²) in [5.41, 5.74) is 1.60. The van der Waals surface area contributed by atoms with Crippen LogP contribution in [0.4, 0.5) is 5.69 Å². The average molecular weight is 239 g/mol. The molecule has 1 atom stereocenters. The predicted molar refractivity (Wildman–Crippen MR) is 64.3 cm³/mol. The van der Waals surface area contributed by atoms with Gasteiger partial charge < -0.3 is 0 Å². The van der Waals surface area contributed by atoms with Gasteiger partial charge in [-0.3, -0.25) is 9.35 Å². The third-order valence-corrected chi connectivity index (χ3v) is 2.66. The maximum atomic E-state index is 11.6. The van der Waals surface area contributed by atoms with E-state index in [0.29, 0.717) is 5.69 Å². The molecule has 0 fully saturated rings. The number of carbonyl (C=O) groups excluding carboxylic acids is 1. The molecular weight excluding hydrogens is 226 g/mol. The van der Waals surface area contributed by atoms with E-state index >= 15 is 0 Å². The number of anilines is 1. The molecule has 0 aliphatic heterocycles. The average Bonchev–Trinajstić information content (AvgIpc) is 2.20. The van der Waals surface area contributed by atoms with E-state index in [1.165, 1.54) is 6.92 Å². The van der Waals surface area contributed by atoms with Crippen LogP contribution in [0.5, 0.6) is 0 Å². The lowest BCUT2D eigenvalue weighted by molar-refractivity contribution is -0.114. The number of benzene rings is 1. The van der Waals surface area contributed by atoms with Crippen LogP contribution in [0, 0.1) is 6.92 Å². The van der Waals surface area contributed by atoms with E-state index in [4.69, 9.17) is 4.55 Å². The number of hydrogen-bond donors (Lipinski definition) is 1. The molecule has 0 heterocycles. The van der Waals surface area contributed by atoms with E-state index in [1.54, 1.807) is 24.3 Å². The molecular formula is C11H13NO3S. The van der Waals surface area contributed by atoms with Gasteiger partial charge in [0.25, 0.3) is 17.2 Å². The van der Waals surface area contributed by atoms with Crippen molar-refractivity contribution < 1.29 is 13.6 Å². The minimum Gasteiger partial charge on any atom is -0.289 e. The van der Waals surface area contributed by atoms with Crippen molar-refractivity contribution in [1.29, 1.82) is 0 Å². The van der Waals surface area contributed by atoms with Gasteiger partial charge in [0, 0.05) is 5.57 Å². The highest BCUT2D eigenvalue weighted by Gasteiger charge is 2.21. The first-order chi connectivity index (χ1) is 7.43. The Bertz CT molecular complexity index is 439. The van der Waals surface area contributed by atoms with Gasteiger partial charge in [-0.2, -0.15) is 0 Å². The first kappa shape index (κ1) is 12.6. The highest BCUT2D eigenvalue weighted by molar-refractivity contribution is 7.81. The fourth-order valence-electron chi connectivity index (χ4n) is 1.13. The van der Waals surface area contributed by atoms with Crippen molar-refractivity contribution in [1.82, 2.24) is 0 Å². The summed E-state index contributed by atoms with van der Waals surface area (Å²) in [6, 6.07) is 6.76. The van der Waals surface area contributed by atoms with E-state index in [-0.39, 0.29) is 5.57 Å². The number of carbonyl (C=O) groups is 1. The number of amides is 1. The number of rotatable bonds is 3. The summed E-state index contributed by atoms with van der Waals surface area (Å²) in [5, 5.41) is 0. The summed E-state index contributed by atoms with van der Waals surface area (Å²) in [6.07, 6.45) is 0. The van der Waals surface area contributed by atoms with E-state index in [0.717, 1.165) is 9.87 Å². The normalized spacial score (nSPS) is 11.9. The van der Waals surface area contributed by atoms with Crippen molar-refractivity contribution in [3.63, 3.8) is 0 Å². The summed E-state index contributed by atoms with van der Waals surface area (Å²) < 4.78 is 21.0. The van der Waals surface area contributed by atoms with Crippen molar-refractivity contribution >= 4 is 22.9 Å². The van der Waals surface area contributed by atoms with Crippen molar-refractivity contribution in [3.05, 3.63) is 42.0 Å². The smallest absolute Gasteiger partial charge is 0.269 e. The molecule has 16 heavy (non-hydrogen) atoms. The van der Waals surface area contributed by atoms with Crippen LogP contribution in [0.15, 0.2) is 36.4 Å². The van der Waals surface area contributed by atoms with Gasteiger partial charge in [-0.25, -0.2) is 8.51 Å². The summed E-state index contributed by atoms with van der Waals surface area (Å²) in [7, 11) is 0. The van der Waals surface area contributed by atoms with Crippen LogP contribution in [0.3, 0.4) is 0 Å². The molecule has 0 saturated heterocycles. The largest absolute Gasteiger partial charge is 0.289 e. The molecule has 0 radical (unpaired) electrons. The molecule has 86 valence electrons. The quantitative estimate of drug-likeness (QED) is 0.648. The Hall–Kier alpha value is -1.46. The van der Waals surface area contributed by atoms with Gasteiger partial charge >= 0.3 is 0 Å². The van der Waals surface area contributed by atoms with Crippen LogP contribution in [0.1, 0.15) is 12.5 Å². The molecule has 1 aromatic carbocycles. The standard InChI is InChI=1S/C11H13NO3S/c1-8(2)11(13)12(16(14)15)10-6-4-9(3)5-7-10/h4-7H,1H2,2-3H3,(H,14,15). The lowest BCUT2D eigenvalue weighted by atomic mass is 10.2. The molecule has 1 N–H and O–H groups in total. The van der Waals surface area contributed by atoms with Crippen molar-refractivity contribution in [2.45, 2.75) is 13.8 Å². The summed E-state index contributed by atoms with van der Waals surface area (Å²) in [5.74, 6) is -0.565. The van der Waals surface area contributed by atoms with Gasteiger partial charge in [-0.15, -0.1) is 0 Å². The van der Waals surface area contributed by atoms with Gasteiger partial charge in [0.05, 0.1) is 5.69 Å². The molecule has 0 bridgehead atoms. The first-order valence-corrected chi connectivity index (χ1v) is 5.67. The summed E-state index contributed by atoms with van der Waals surface area (Å²) in [6.45, 7) is 6.85. The second kappa shape index (κ2) is 5.05. The van der Waals surface area contributed by atoms with Crippen molar-refractivity contribution in [3.8, 4) is 0 Å². The SMILES string of the molecule is C=C(C)C(=O)N(c1ccc(C)cc1)S(=O)O. The highest BCUT2D eigenvalue weighted by Crippen LogP contribution is 2.18. The number of hydrogen-bond acceptors (Lipinski definition) is 2. The fraction of sp³-hybridized carbons (Fsp3) is 0.182. The molecule has 0 aromatic heterocycles. The zero-order chi connectivity index (χ0) is 12.3. The minimum absolute atomic E-state index is 0.211. The second-order valence-corrected chi connectivity index (χ2v) is 4.27. The molecule has 5 heteroatoms. The Labute approximate surface area is 97.0 Å². The minimum atomic E-state index is -2.39. The number of nitrogens with zero attached hydrogens (tertiary/aromatic N) is 1. The molecule has 1 aromatic rings. The van der Waals surface area contributed by atoms with Crippen LogP contribution < -0.4 is 4.31 Å². The first-order valence-electron chi connectivity index (χ1n) is 4.61. The van der Waals surface area contributed by atoms with E-state index in [1.807, 2.05) is 6.92 Å². The molecule has 1 unspecified atom stereocenters. The molecule has 0 spiro atoms. The van der Waals surface area contributed by atoms with Crippen molar-refractivity contribution in [2.24, 2.45) is 0 Å². The van der Waals surface area contributed by atoms with E-state index < -0.39 is 17.2 Å². The lowest BCUT2D eigenvalue weighted by Crippen LogP contribution is -2.32. The molecule has 0 aliphatic rings. The maximum Gasteiger partial charge on any atom is 0.269 e. The Morgan fingerprint density at radius 1 is 1.38 bits per heavy atom. The zero-order valence-electron chi connectivity index (χ0n) is 9.14. The van der Waals surface area contributed by atoms with Gasteiger partial charge in [-0.1, -0.05) is 24.3 Å². The van der Waals surface area contributed by atoms with Crippen LogP contribution in [-0.4, -0.2) is 14.7 Å². The maximum absolute atomic E-state index is 11.6. The van der Waals surface area contributed by atoms with Gasteiger partial charge in [-0.05, 0) is 26.0 Å². The molecule has 1 rings (SSSR count). The Kier molecular flexibility index (Phi) is 3.98. The third kappa shape index (κ3) is 2.77.